The molecule has 0 amide bonds. The van der Waals surface area contributed by atoms with E-state index in [0.29, 0.717) is 15.2 Å². The number of carbonyl (C=O) groups excluding carboxylic acids is 2. The Morgan fingerprint density at radius 1 is 0.867 bits per heavy atom. The first-order chi connectivity index (χ1) is 13.3. The van der Waals surface area contributed by atoms with Crippen LogP contribution in [0.15, 0.2) is 45.3 Å². The van der Waals surface area contributed by atoms with Gasteiger partial charge in [0.15, 0.2) is 5.92 Å². The summed E-state index contributed by atoms with van der Waals surface area (Å²) in [6, 6.07) is 9.57. The zero-order chi connectivity index (χ0) is 21.3. The van der Waals surface area contributed by atoms with Crippen LogP contribution in [-0.2, 0) is 19.1 Å². The van der Waals surface area contributed by atoms with Crippen molar-refractivity contribution in [1.82, 2.24) is 0 Å². The van der Waals surface area contributed by atoms with Crippen molar-refractivity contribution in [2.45, 2.75) is 5.92 Å². The van der Waals surface area contributed by atoms with Gasteiger partial charge >= 0.3 is 11.9 Å². The largest absolute Gasteiger partial charge is 0.870 e. The van der Waals surface area contributed by atoms with E-state index in [0.717, 1.165) is 18.7 Å². The molecule has 4 N–H and O–H groups in total. The van der Waals surface area contributed by atoms with Gasteiger partial charge in [0, 0.05) is 41.2 Å². The van der Waals surface area contributed by atoms with Crippen LogP contribution >= 0.6 is 43.5 Å². The molecule has 0 heterocycles. The zero-order valence-electron chi connectivity index (χ0n) is 15.5. The Kier molecular flexibility index (Phi) is 14.7. The van der Waals surface area contributed by atoms with Gasteiger partial charge in [-0.3, -0.25) is 9.59 Å². The molecule has 2 aromatic carbocycles. The summed E-state index contributed by atoms with van der Waals surface area (Å²) in [5.74, 6) is -2.87. The van der Waals surface area contributed by atoms with Gasteiger partial charge in [0.05, 0.1) is 19.8 Å². The lowest BCUT2D eigenvalue weighted by atomic mass is 9.97. The molecule has 0 saturated carbocycles. The molecule has 0 saturated heterocycles. The van der Waals surface area contributed by atoms with Crippen molar-refractivity contribution in [1.29, 1.82) is 0 Å². The average Bonchev–Trinajstić information content (AvgIpc) is 2.70. The number of halogens is 3. The van der Waals surface area contributed by atoms with Crippen LogP contribution in [-0.4, -0.2) is 37.1 Å². The van der Waals surface area contributed by atoms with E-state index in [1.807, 2.05) is 0 Å². The first-order valence-corrected chi connectivity index (χ1v) is 9.41. The summed E-state index contributed by atoms with van der Waals surface area (Å²) in [6.45, 7) is 0. The lowest BCUT2D eigenvalue weighted by Gasteiger charge is -2.12. The molecule has 0 atom stereocenters. The first kappa shape index (κ1) is 29.9. The maximum Gasteiger partial charge on any atom is 0.324 e. The molecular formula is C17H17Br2ClN2O8. The van der Waals surface area contributed by atoms with E-state index in [4.69, 9.17) is 11.6 Å². The predicted molar refractivity (Wildman–Crippen MR) is 112 cm³/mol. The summed E-state index contributed by atoms with van der Waals surface area (Å²) >= 11 is 12.0. The van der Waals surface area contributed by atoms with Crippen LogP contribution in [0.5, 0.6) is 0 Å². The van der Waals surface area contributed by atoms with Gasteiger partial charge in [-0.05, 0) is 24.3 Å². The number of esters is 2. The fourth-order valence-corrected chi connectivity index (χ4v) is 2.91. The molecule has 0 bridgehead atoms. The third kappa shape index (κ3) is 8.24. The standard InChI is InChI=1S/C11H10BrNO5.C6H3BrClNO.2H2O/c1-17-10(14)9(11(15)18-2)7-4-3-6(12)5-8(7)13-16;7-4-1-2-5(8)6(3-4)9-10;;/h3-5,9H,1-2H3;1-3H;2*1H2. The number of ether oxygens (including phenoxy) is 2. The molecule has 30 heavy (non-hydrogen) atoms. The van der Waals surface area contributed by atoms with Crippen LogP contribution in [0.1, 0.15) is 11.5 Å². The van der Waals surface area contributed by atoms with Crippen LogP contribution < -0.4 is 10.4 Å². The molecule has 0 aliphatic heterocycles. The van der Waals surface area contributed by atoms with Crippen molar-refractivity contribution < 1.29 is 40.4 Å². The van der Waals surface area contributed by atoms with Gasteiger partial charge in [-0.1, -0.05) is 43.5 Å². The van der Waals surface area contributed by atoms with Crippen LogP contribution in [0.2, 0.25) is 5.02 Å². The Bertz CT molecular complexity index is 882. The minimum Gasteiger partial charge on any atom is -0.870 e. The van der Waals surface area contributed by atoms with E-state index in [1.54, 1.807) is 34.6 Å². The number of hydrogen-bond acceptors (Lipinski definition) is 8. The lowest BCUT2D eigenvalue weighted by molar-refractivity contribution is -0.380. The summed E-state index contributed by atoms with van der Waals surface area (Å²) in [5, 5.41) is 3.83. The minimum absolute atomic E-state index is 0. The van der Waals surface area contributed by atoms with Gasteiger partial charge in [-0.25, -0.2) is 0 Å². The number of rotatable bonds is 5. The van der Waals surface area contributed by atoms with E-state index in [2.05, 4.69) is 41.3 Å². The fraction of sp³-hybridized carbons (Fsp3) is 0.176. The summed E-state index contributed by atoms with van der Waals surface area (Å²) in [6.07, 6.45) is 0. The number of methoxy groups -OCH3 is 2. The Morgan fingerprint density at radius 2 is 1.30 bits per heavy atom. The van der Waals surface area contributed by atoms with Crippen molar-refractivity contribution in [3.63, 3.8) is 0 Å². The number of hydrogen-bond donors (Lipinski definition) is 2. The van der Waals surface area contributed by atoms with Crippen molar-refractivity contribution in [2.75, 3.05) is 14.2 Å². The number of nitroso groups, excluding NO2 is 2. The third-order valence-corrected chi connectivity index (χ3v) is 4.66. The maximum absolute atomic E-state index is 11.6. The van der Waals surface area contributed by atoms with E-state index in [9.17, 15) is 19.4 Å². The molecule has 2 aromatic rings. The Labute approximate surface area is 192 Å². The van der Waals surface area contributed by atoms with Gasteiger partial charge < -0.3 is 20.4 Å². The van der Waals surface area contributed by atoms with Crippen molar-refractivity contribution in [3.8, 4) is 0 Å². The second kappa shape index (κ2) is 14.7. The second-order valence-corrected chi connectivity index (χ2v) is 7.28. The van der Waals surface area contributed by atoms with Gasteiger partial charge in [0.1, 0.15) is 5.02 Å². The fourth-order valence-electron chi connectivity index (χ4n) is 2.03. The van der Waals surface area contributed by atoms with Crippen LogP contribution in [0.4, 0.5) is 11.4 Å². The Morgan fingerprint density at radius 3 is 1.70 bits per heavy atom. The molecule has 0 unspecified atom stereocenters. The maximum atomic E-state index is 11.6. The molecule has 0 radical (unpaired) electrons. The summed E-state index contributed by atoms with van der Waals surface area (Å²) < 4.78 is 10.5. The molecule has 0 spiro atoms. The van der Waals surface area contributed by atoms with Gasteiger partial charge in [-0.2, -0.15) is 0 Å². The minimum atomic E-state index is -1.29. The van der Waals surface area contributed by atoms with E-state index in [1.165, 1.54) is 12.1 Å². The lowest BCUT2D eigenvalue weighted by Crippen LogP contribution is -2.57. The first-order valence-electron chi connectivity index (χ1n) is 7.45. The van der Waals surface area contributed by atoms with Crippen molar-refractivity contribution in [2.24, 2.45) is 0 Å². The molecule has 164 valence electrons. The third-order valence-electron chi connectivity index (χ3n) is 3.35. The highest BCUT2D eigenvalue weighted by Crippen LogP contribution is 2.27. The van der Waals surface area contributed by atoms with Gasteiger partial charge in [0.2, 0.25) is 0 Å². The van der Waals surface area contributed by atoms with Crippen LogP contribution in [0.25, 0.3) is 0 Å². The van der Waals surface area contributed by atoms with Crippen LogP contribution in [0, 0.1) is 9.81 Å². The number of nitrogens with one attached hydrogen (secondary N) is 2. The smallest absolute Gasteiger partial charge is 0.324 e. The second-order valence-electron chi connectivity index (χ2n) is 5.04. The predicted octanol–water partition coefficient (Wildman–Crippen LogP) is 1.58. The summed E-state index contributed by atoms with van der Waals surface area (Å²) in [7, 11) is 2.31. The quantitative estimate of drug-likeness (QED) is 0.401. The molecule has 2 rings (SSSR count). The molecule has 0 aliphatic rings. The molecule has 13 heteroatoms. The molecule has 0 fully saturated rings. The van der Waals surface area contributed by atoms with E-state index >= 15 is 0 Å². The molecule has 0 aromatic heterocycles. The average molecular weight is 573 g/mol. The molecular weight excluding hydrogens is 555 g/mol. The molecule has 10 nitrogen and oxygen atoms in total. The van der Waals surface area contributed by atoms with Crippen molar-refractivity contribution >= 4 is 66.8 Å². The number of carbonyl (C=O) groups is 2. The Hall–Kier alpha value is -2.25. The summed E-state index contributed by atoms with van der Waals surface area (Å²) in [5.41, 5.74) is 0.688. The van der Waals surface area contributed by atoms with Gasteiger partial charge in [0.25, 0.3) is 11.4 Å². The van der Waals surface area contributed by atoms with Crippen LogP contribution in [0.3, 0.4) is 0 Å². The van der Waals surface area contributed by atoms with Crippen molar-refractivity contribution in [3.05, 3.63) is 65.7 Å². The topological polar surface area (TPSA) is 175 Å². The van der Waals surface area contributed by atoms with E-state index < -0.39 is 17.9 Å². The van der Waals surface area contributed by atoms with Gasteiger partial charge in [-0.15, -0.1) is 0 Å². The summed E-state index contributed by atoms with van der Waals surface area (Å²) in [4.78, 5) is 44.2. The highest BCUT2D eigenvalue weighted by molar-refractivity contribution is 9.10. The van der Waals surface area contributed by atoms with E-state index in [-0.39, 0.29) is 22.2 Å². The SMILES string of the molecule is COC(=O)C(C(=O)OC)c1ccc(Br)cc1[NH+]=O.O=[NH+]c1cc(Br)ccc1Cl.[OH-].[OH-]. The Balaban J connectivity index is 0. The molecule has 0 aliphatic carbocycles. The normalized spacial score (nSPS) is 9.13. The zero-order valence-corrected chi connectivity index (χ0v) is 19.4. The highest BCUT2D eigenvalue weighted by Gasteiger charge is 2.35. The number of benzene rings is 2. The monoisotopic (exact) mass is 570 g/mol. The highest BCUT2D eigenvalue weighted by atomic mass is 79.9.